The van der Waals surface area contributed by atoms with Crippen molar-refractivity contribution in [1.29, 1.82) is 0 Å². The summed E-state index contributed by atoms with van der Waals surface area (Å²) in [7, 11) is 0. The summed E-state index contributed by atoms with van der Waals surface area (Å²) < 4.78 is 5.16. The van der Waals surface area contributed by atoms with Gasteiger partial charge >= 0.3 is 5.97 Å². The second-order valence-corrected chi connectivity index (χ2v) is 4.63. The van der Waals surface area contributed by atoms with Crippen molar-refractivity contribution in [3.63, 3.8) is 0 Å². The maximum absolute atomic E-state index is 11.8. The van der Waals surface area contributed by atoms with Crippen LogP contribution in [0.2, 0.25) is 0 Å². The van der Waals surface area contributed by atoms with Gasteiger partial charge in [-0.2, -0.15) is 0 Å². The third-order valence-corrected chi connectivity index (χ3v) is 1.99. The van der Waals surface area contributed by atoms with Crippen LogP contribution in [0.4, 0.5) is 5.69 Å². The van der Waals surface area contributed by atoms with Crippen molar-refractivity contribution >= 4 is 11.7 Å². The van der Waals surface area contributed by atoms with Crippen molar-refractivity contribution in [1.82, 2.24) is 0 Å². The maximum atomic E-state index is 11.8. The van der Waals surface area contributed by atoms with Crippen LogP contribution in [0.25, 0.3) is 0 Å². The highest BCUT2D eigenvalue weighted by Crippen LogP contribution is 2.20. The van der Waals surface area contributed by atoms with E-state index in [2.05, 4.69) is 5.92 Å². The molecule has 0 fully saturated rings. The Morgan fingerprint density at radius 3 is 2.50 bits per heavy atom. The summed E-state index contributed by atoms with van der Waals surface area (Å²) in [5.41, 5.74) is -0.503. The first-order chi connectivity index (χ1) is 8.24. The minimum Gasteiger partial charge on any atom is -0.456 e. The van der Waals surface area contributed by atoms with E-state index >= 15 is 0 Å². The average molecular weight is 247 g/mol. The van der Waals surface area contributed by atoms with E-state index in [4.69, 9.17) is 11.2 Å². The highest BCUT2D eigenvalue weighted by Gasteiger charge is 2.21. The molecule has 0 aliphatic carbocycles. The number of esters is 1. The summed E-state index contributed by atoms with van der Waals surface area (Å²) in [5, 5.41) is 10.6. The molecule has 0 aliphatic rings. The molecule has 0 atom stereocenters. The largest absolute Gasteiger partial charge is 0.456 e. The van der Waals surface area contributed by atoms with E-state index in [1.807, 2.05) is 0 Å². The van der Waals surface area contributed by atoms with Crippen molar-refractivity contribution in [2.45, 2.75) is 26.4 Å². The summed E-state index contributed by atoms with van der Waals surface area (Å²) in [6.07, 6.45) is 5.24. The van der Waals surface area contributed by atoms with Gasteiger partial charge in [-0.05, 0) is 26.8 Å². The van der Waals surface area contributed by atoms with Crippen molar-refractivity contribution in [2.24, 2.45) is 0 Å². The van der Waals surface area contributed by atoms with Gasteiger partial charge in [-0.25, -0.2) is 4.79 Å². The molecule has 0 bridgehead atoms. The van der Waals surface area contributed by atoms with Crippen molar-refractivity contribution in [3.05, 3.63) is 39.4 Å². The first-order valence-corrected chi connectivity index (χ1v) is 5.23. The SMILES string of the molecule is C#Cc1cc([N+](=O)[O-])ccc1C(=O)OC(C)(C)C. The molecule has 0 N–H and O–H groups in total. The molecule has 1 rings (SSSR count). The highest BCUT2D eigenvalue weighted by atomic mass is 16.6. The molecule has 0 heterocycles. The van der Waals surface area contributed by atoms with Crippen molar-refractivity contribution in [2.75, 3.05) is 0 Å². The van der Waals surface area contributed by atoms with E-state index in [9.17, 15) is 14.9 Å². The molecule has 0 aliphatic heterocycles. The number of carbonyl (C=O) groups excluding carboxylic acids is 1. The smallest absolute Gasteiger partial charge is 0.339 e. The standard InChI is InChI=1S/C13H13NO4/c1-5-9-8-10(14(16)17)6-7-11(9)12(15)18-13(2,3)4/h1,6-8H,2-4H3. The molecule has 0 saturated heterocycles. The maximum Gasteiger partial charge on any atom is 0.339 e. The molecule has 1 aromatic carbocycles. The fraction of sp³-hybridized carbons (Fsp3) is 0.308. The number of hydrogen-bond donors (Lipinski definition) is 0. The van der Waals surface area contributed by atoms with Gasteiger partial charge in [0.05, 0.1) is 10.5 Å². The number of rotatable bonds is 2. The van der Waals surface area contributed by atoms with E-state index in [-0.39, 0.29) is 16.8 Å². The lowest BCUT2D eigenvalue weighted by molar-refractivity contribution is -0.384. The molecular formula is C13H13NO4. The molecule has 0 unspecified atom stereocenters. The fourth-order valence-corrected chi connectivity index (χ4v) is 1.28. The van der Waals surface area contributed by atoms with Crippen LogP contribution in [0.3, 0.4) is 0 Å². The number of nitrogens with zero attached hydrogens (tertiary/aromatic N) is 1. The third-order valence-electron chi connectivity index (χ3n) is 1.99. The minimum absolute atomic E-state index is 0.151. The fourth-order valence-electron chi connectivity index (χ4n) is 1.28. The number of nitro benzene ring substituents is 1. The summed E-state index contributed by atoms with van der Waals surface area (Å²) in [4.78, 5) is 21.9. The van der Waals surface area contributed by atoms with Crippen LogP contribution in [0.15, 0.2) is 18.2 Å². The molecule has 0 aromatic heterocycles. The van der Waals surface area contributed by atoms with Crippen LogP contribution in [0.1, 0.15) is 36.7 Å². The molecular weight excluding hydrogens is 234 g/mol. The van der Waals surface area contributed by atoms with Gasteiger partial charge in [0.1, 0.15) is 5.60 Å². The number of hydrogen-bond acceptors (Lipinski definition) is 4. The van der Waals surface area contributed by atoms with Gasteiger partial charge in [0.25, 0.3) is 5.69 Å². The van der Waals surface area contributed by atoms with Gasteiger partial charge in [0, 0.05) is 17.7 Å². The number of benzene rings is 1. The van der Waals surface area contributed by atoms with E-state index < -0.39 is 16.5 Å². The van der Waals surface area contributed by atoms with Crippen LogP contribution >= 0.6 is 0 Å². The van der Waals surface area contributed by atoms with Crippen LogP contribution in [-0.2, 0) is 4.74 Å². The molecule has 5 heteroatoms. The molecule has 0 radical (unpaired) electrons. The zero-order valence-electron chi connectivity index (χ0n) is 10.4. The monoisotopic (exact) mass is 247 g/mol. The van der Waals surface area contributed by atoms with Gasteiger partial charge in [0.15, 0.2) is 0 Å². The average Bonchev–Trinajstić information content (AvgIpc) is 2.25. The highest BCUT2D eigenvalue weighted by molar-refractivity contribution is 5.93. The number of carbonyl (C=O) groups is 1. The summed E-state index contributed by atoms with van der Waals surface area (Å²) >= 11 is 0. The summed E-state index contributed by atoms with van der Waals surface area (Å²) in [5.74, 6) is 1.66. The molecule has 1 aromatic rings. The lowest BCUT2D eigenvalue weighted by atomic mass is 10.1. The van der Waals surface area contributed by atoms with Gasteiger partial charge in [0.2, 0.25) is 0 Å². The van der Waals surface area contributed by atoms with Gasteiger partial charge in [-0.3, -0.25) is 10.1 Å². The Balaban J connectivity index is 3.15. The minimum atomic E-state index is -0.648. The number of nitro groups is 1. The van der Waals surface area contributed by atoms with E-state index in [0.717, 1.165) is 0 Å². The quantitative estimate of drug-likeness (QED) is 0.348. The predicted octanol–water partition coefficient (Wildman–Crippen LogP) is 2.53. The lowest BCUT2D eigenvalue weighted by Gasteiger charge is -2.19. The molecule has 5 nitrogen and oxygen atoms in total. The Bertz CT molecular complexity index is 535. The number of non-ortho nitro benzene ring substituents is 1. The zero-order chi connectivity index (χ0) is 13.9. The van der Waals surface area contributed by atoms with Crippen molar-refractivity contribution < 1.29 is 14.5 Å². The first kappa shape index (κ1) is 13.7. The molecule has 18 heavy (non-hydrogen) atoms. The van der Waals surface area contributed by atoms with Crippen LogP contribution in [0, 0.1) is 22.5 Å². The Kier molecular flexibility index (Phi) is 3.72. The molecule has 0 spiro atoms. The normalized spacial score (nSPS) is 10.6. The van der Waals surface area contributed by atoms with E-state index in [0.29, 0.717) is 0 Å². The van der Waals surface area contributed by atoms with Crippen LogP contribution < -0.4 is 0 Å². The topological polar surface area (TPSA) is 69.4 Å². The van der Waals surface area contributed by atoms with Gasteiger partial charge in [-0.15, -0.1) is 6.42 Å². The second-order valence-electron chi connectivity index (χ2n) is 4.63. The van der Waals surface area contributed by atoms with Crippen LogP contribution in [0.5, 0.6) is 0 Å². The number of terminal acetylenes is 1. The Morgan fingerprint density at radius 1 is 1.44 bits per heavy atom. The summed E-state index contributed by atoms with van der Waals surface area (Å²) in [6.45, 7) is 5.18. The third kappa shape index (κ3) is 3.32. The molecule has 0 amide bonds. The van der Waals surface area contributed by atoms with Crippen LogP contribution in [-0.4, -0.2) is 16.5 Å². The van der Waals surface area contributed by atoms with Gasteiger partial charge in [-0.1, -0.05) is 5.92 Å². The lowest BCUT2D eigenvalue weighted by Crippen LogP contribution is -2.24. The summed E-state index contributed by atoms with van der Waals surface area (Å²) in [6, 6.07) is 3.71. The Hall–Kier alpha value is -2.35. The van der Waals surface area contributed by atoms with Crippen molar-refractivity contribution in [3.8, 4) is 12.3 Å². The van der Waals surface area contributed by atoms with Gasteiger partial charge < -0.3 is 4.74 Å². The Labute approximate surface area is 105 Å². The predicted molar refractivity (Wildman–Crippen MR) is 66.2 cm³/mol. The zero-order valence-corrected chi connectivity index (χ0v) is 10.4. The first-order valence-electron chi connectivity index (χ1n) is 5.23. The van der Waals surface area contributed by atoms with E-state index in [1.165, 1.54) is 18.2 Å². The second kappa shape index (κ2) is 4.88. The van der Waals surface area contributed by atoms with E-state index in [1.54, 1.807) is 20.8 Å². The molecule has 0 saturated carbocycles. The number of ether oxygens (including phenoxy) is 1. The Morgan fingerprint density at radius 2 is 2.06 bits per heavy atom. The molecule has 94 valence electrons.